The lowest BCUT2D eigenvalue weighted by atomic mass is 9.97. The highest BCUT2D eigenvalue weighted by molar-refractivity contribution is 6.36. The van der Waals surface area contributed by atoms with Gasteiger partial charge in [-0.05, 0) is 41.6 Å². The summed E-state index contributed by atoms with van der Waals surface area (Å²) in [5.74, 6) is 0.265. The molecule has 1 aliphatic heterocycles. The number of halogens is 2. The van der Waals surface area contributed by atoms with Gasteiger partial charge in [0.1, 0.15) is 5.82 Å². The van der Waals surface area contributed by atoms with Crippen LogP contribution in [0.4, 0.5) is 10.2 Å². The zero-order valence-electron chi connectivity index (χ0n) is 18.7. The van der Waals surface area contributed by atoms with Crippen LogP contribution in [0.3, 0.4) is 0 Å². The maximum Gasteiger partial charge on any atom is 0.318 e. The van der Waals surface area contributed by atoms with Crippen LogP contribution in [0.15, 0.2) is 60.9 Å². The molecule has 170 valence electrons. The van der Waals surface area contributed by atoms with Gasteiger partial charge in [0, 0.05) is 28.4 Å². The van der Waals surface area contributed by atoms with E-state index in [1.807, 2.05) is 34.9 Å². The Hall–Kier alpha value is -3.71. The molecule has 0 spiro atoms. The molecule has 0 bridgehead atoms. The van der Waals surface area contributed by atoms with E-state index in [1.165, 1.54) is 0 Å². The van der Waals surface area contributed by atoms with Crippen molar-refractivity contribution in [1.29, 1.82) is 0 Å². The Morgan fingerprint density at radius 2 is 1.91 bits per heavy atom. The molecule has 0 saturated heterocycles. The van der Waals surface area contributed by atoms with Gasteiger partial charge in [-0.25, -0.2) is 4.98 Å². The number of rotatable bonds is 3. The van der Waals surface area contributed by atoms with Crippen LogP contribution in [0.2, 0.25) is 5.02 Å². The molecule has 0 aliphatic carbocycles. The van der Waals surface area contributed by atoms with Crippen LogP contribution in [0.25, 0.3) is 32.8 Å². The van der Waals surface area contributed by atoms with Crippen molar-refractivity contribution in [3.05, 3.63) is 77.6 Å². The van der Waals surface area contributed by atoms with Gasteiger partial charge in [0.2, 0.25) is 5.95 Å². The number of hydrogen-bond acceptors (Lipinski definition) is 5. The number of nitrogens with zero attached hydrogens (tertiary/aromatic N) is 5. The zero-order chi connectivity index (χ0) is 23.4. The summed E-state index contributed by atoms with van der Waals surface area (Å²) in [6.45, 7) is 3.07. The molecule has 0 saturated carbocycles. The van der Waals surface area contributed by atoms with Crippen LogP contribution in [0.5, 0.6) is 6.01 Å². The van der Waals surface area contributed by atoms with Crippen molar-refractivity contribution in [2.75, 3.05) is 12.0 Å². The van der Waals surface area contributed by atoms with Gasteiger partial charge in [0.15, 0.2) is 0 Å². The molecule has 0 radical (unpaired) electrons. The fourth-order valence-electron chi connectivity index (χ4n) is 4.79. The average molecular weight is 474 g/mol. The zero-order valence-corrected chi connectivity index (χ0v) is 19.4. The quantitative estimate of drug-likeness (QED) is 0.328. The first kappa shape index (κ1) is 20.9. The van der Waals surface area contributed by atoms with Gasteiger partial charge in [-0.15, -0.1) is 0 Å². The smallest absolute Gasteiger partial charge is 0.318 e. The first-order chi connectivity index (χ1) is 16.5. The van der Waals surface area contributed by atoms with E-state index in [2.05, 4.69) is 51.0 Å². The number of imidazole rings is 1. The van der Waals surface area contributed by atoms with Crippen molar-refractivity contribution < 1.29 is 9.13 Å². The normalized spacial score (nSPS) is 15.6. The van der Waals surface area contributed by atoms with Gasteiger partial charge in [-0.2, -0.15) is 14.4 Å². The Balaban J connectivity index is 1.52. The molecule has 8 heteroatoms. The third kappa shape index (κ3) is 3.27. The summed E-state index contributed by atoms with van der Waals surface area (Å²) in [5.41, 5.74) is 3.32. The molecule has 0 amide bonds. The summed E-state index contributed by atoms with van der Waals surface area (Å²) in [7, 11) is 1.55. The van der Waals surface area contributed by atoms with Crippen molar-refractivity contribution in [2.45, 2.75) is 26.1 Å². The van der Waals surface area contributed by atoms with Crippen LogP contribution in [0, 0.1) is 5.95 Å². The molecule has 0 fully saturated rings. The monoisotopic (exact) mass is 473 g/mol. The molecule has 6 rings (SSSR count). The van der Waals surface area contributed by atoms with E-state index >= 15 is 0 Å². The highest BCUT2D eigenvalue weighted by Crippen LogP contribution is 2.37. The molecule has 3 aromatic carbocycles. The Bertz CT molecular complexity index is 1560. The second kappa shape index (κ2) is 7.95. The first-order valence-electron chi connectivity index (χ1n) is 11.0. The Morgan fingerprint density at radius 3 is 2.74 bits per heavy atom. The van der Waals surface area contributed by atoms with Gasteiger partial charge in [-0.1, -0.05) is 48.0 Å². The van der Waals surface area contributed by atoms with Crippen molar-refractivity contribution in [3.63, 3.8) is 0 Å². The van der Waals surface area contributed by atoms with Crippen molar-refractivity contribution in [3.8, 4) is 17.1 Å². The molecular formula is C26H21ClFN5O. The third-order valence-electron chi connectivity index (χ3n) is 6.48. The minimum absolute atomic E-state index is 0.0838. The molecule has 3 heterocycles. The Labute approximate surface area is 200 Å². The standard InChI is InChI=1S/C26H21ClFN5O/c1-15-12-32-14-29-24(28)22(32)13-33(15)25-19-10-9-17(11-21(19)30-26(31-25)34-2)18-7-3-5-16-6-4-8-20(27)23(16)18/h3-11,14-15H,12-13H2,1-2H3. The molecule has 1 atom stereocenters. The van der Waals surface area contributed by atoms with Crippen molar-refractivity contribution >= 4 is 39.1 Å². The SMILES string of the molecule is COc1nc(N2Cc3c(F)ncn3CC2C)c2ccc(-c3cccc4cccc(Cl)c34)cc2n1. The highest BCUT2D eigenvalue weighted by Gasteiger charge is 2.29. The number of methoxy groups -OCH3 is 1. The van der Waals surface area contributed by atoms with Crippen molar-refractivity contribution in [1.82, 2.24) is 19.5 Å². The number of fused-ring (bicyclic) bond motifs is 3. The van der Waals surface area contributed by atoms with Crippen LogP contribution in [0.1, 0.15) is 12.6 Å². The first-order valence-corrected chi connectivity index (χ1v) is 11.4. The van der Waals surface area contributed by atoms with Gasteiger partial charge in [0.05, 0.1) is 31.2 Å². The van der Waals surface area contributed by atoms with E-state index in [1.54, 1.807) is 13.4 Å². The van der Waals surface area contributed by atoms with E-state index in [-0.39, 0.29) is 12.1 Å². The highest BCUT2D eigenvalue weighted by atomic mass is 35.5. The molecular weight excluding hydrogens is 453 g/mol. The number of benzene rings is 3. The average Bonchev–Trinajstić information content (AvgIpc) is 3.21. The number of ether oxygens (including phenoxy) is 1. The largest absolute Gasteiger partial charge is 0.467 e. The van der Waals surface area contributed by atoms with Crippen LogP contribution in [-0.2, 0) is 13.1 Å². The summed E-state index contributed by atoms with van der Waals surface area (Å²) in [4.78, 5) is 15.2. The Morgan fingerprint density at radius 1 is 1.09 bits per heavy atom. The van der Waals surface area contributed by atoms with E-state index in [4.69, 9.17) is 16.3 Å². The molecule has 2 aromatic heterocycles. The third-order valence-corrected chi connectivity index (χ3v) is 6.80. The van der Waals surface area contributed by atoms with Crippen LogP contribution < -0.4 is 9.64 Å². The van der Waals surface area contributed by atoms with E-state index in [9.17, 15) is 4.39 Å². The molecule has 0 N–H and O–H groups in total. The lowest BCUT2D eigenvalue weighted by Gasteiger charge is -2.35. The molecule has 1 unspecified atom stereocenters. The predicted molar refractivity (Wildman–Crippen MR) is 132 cm³/mol. The number of aromatic nitrogens is 4. The topological polar surface area (TPSA) is 56.1 Å². The van der Waals surface area contributed by atoms with Crippen LogP contribution >= 0.6 is 11.6 Å². The lowest BCUT2D eigenvalue weighted by Crippen LogP contribution is -2.41. The summed E-state index contributed by atoms with van der Waals surface area (Å²) >= 11 is 6.58. The lowest BCUT2D eigenvalue weighted by molar-refractivity contribution is 0.380. The molecule has 1 aliphatic rings. The maximum absolute atomic E-state index is 14.3. The Kier molecular flexibility index (Phi) is 4.88. The summed E-state index contributed by atoms with van der Waals surface area (Å²) in [6, 6.07) is 18.5. The fraction of sp³-hybridized carbons (Fsp3) is 0.192. The van der Waals surface area contributed by atoms with Crippen LogP contribution in [-0.4, -0.2) is 32.7 Å². The molecule has 6 nitrogen and oxygen atoms in total. The summed E-state index contributed by atoms with van der Waals surface area (Å²) in [5, 5.41) is 3.65. The van der Waals surface area contributed by atoms with Gasteiger partial charge < -0.3 is 14.2 Å². The van der Waals surface area contributed by atoms with Gasteiger partial charge in [-0.3, -0.25) is 0 Å². The molecule has 5 aromatic rings. The summed E-state index contributed by atoms with van der Waals surface area (Å²) < 4.78 is 21.6. The fourth-order valence-corrected chi connectivity index (χ4v) is 5.07. The minimum atomic E-state index is -0.447. The molecule has 34 heavy (non-hydrogen) atoms. The number of hydrogen-bond donors (Lipinski definition) is 0. The maximum atomic E-state index is 14.3. The minimum Gasteiger partial charge on any atom is -0.467 e. The van der Waals surface area contributed by atoms with E-state index in [0.29, 0.717) is 29.6 Å². The van der Waals surface area contributed by atoms with E-state index < -0.39 is 5.95 Å². The second-order valence-electron chi connectivity index (χ2n) is 8.52. The van der Waals surface area contributed by atoms with E-state index in [0.717, 1.165) is 32.8 Å². The van der Waals surface area contributed by atoms with Gasteiger partial charge in [0.25, 0.3) is 0 Å². The van der Waals surface area contributed by atoms with Gasteiger partial charge >= 0.3 is 6.01 Å². The second-order valence-corrected chi connectivity index (χ2v) is 8.93. The predicted octanol–water partition coefficient (Wildman–Crippen LogP) is 5.86. The number of anilines is 1. The summed E-state index contributed by atoms with van der Waals surface area (Å²) in [6.07, 6.45) is 1.55. The van der Waals surface area contributed by atoms with Crippen molar-refractivity contribution in [2.24, 2.45) is 0 Å².